The molecule has 1 saturated carbocycles. The first-order valence-electron chi connectivity index (χ1n) is 13.4. The molecule has 2 rings (SSSR count). The number of nitrogens with two attached hydrogens (primary N) is 2. The Bertz CT molecular complexity index is 975. The van der Waals surface area contributed by atoms with E-state index in [1.165, 1.54) is 38.3 Å². The van der Waals surface area contributed by atoms with Gasteiger partial charge in [0, 0.05) is 35.8 Å². The van der Waals surface area contributed by atoms with Gasteiger partial charge in [-0.25, -0.2) is 0 Å². The minimum atomic E-state index is -0.143. The molecule has 0 saturated heterocycles. The van der Waals surface area contributed by atoms with Crippen LogP contribution in [0.25, 0.3) is 5.57 Å². The molecule has 6 nitrogen and oxygen atoms in total. The highest BCUT2D eigenvalue weighted by molar-refractivity contribution is 6.21. The summed E-state index contributed by atoms with van der Waals surface area (Å²) in [6.45, 7) is 18.3. The van der Waals surface area contributed by atoms with E-state index < -0.39 is 0 Å². The minimum Gasteiger partial charge on any atom is -0.405 e. The van der Waals surface area contributed by atoms with Crippen molar-refractivity contribution in [1.29, 1.82) is 5.41 Å². The number of rotatable bonds is 11. The van der Waals surface area contributed by atoms with E-state index in [1.807, 2.05) is 50.4 Å². The first-order valence-corrected chi connectivity index (χ1v) is 13.4. The SMILES string of the molecule is C=CC(C)(NC(=C)C(/C=C\N)=NC(C)CC)C1CCCCC1.CNc1ccc(/C(C(C)=N)=C(\C)N)cc1. The maximum atomic E-state index is 7.66. The zero-order valence-corrected chi connectivity index (χ0v) is 24.0. The molecule has 0 aromatic heterocycles. The zero-order valence-electron chi connectivity index (χ0n) is 24.0. The van der Waals surface area contributed by atoms with Crippen molar-refractivity contribution in [2.24, 2.45) is 22.4 Å². The summed E-state index contributed by atoms with van der Waals surface area (Å²) in [5, 5.41) is 14.3. The number of nitrogens with zero attached hydrogens (tertiary/aromatic N) is 1. The summed E-state index contributed by atoms with van der Waals surface area (Å²) in [5.41, 5.74) is 16.9. The zero-order chi connectivity index (χ0) is 28.0. The number of nitrogens with one attached hydrogen (secondary N) is 3. The lowest BCUT2D eigenvalue weighted by Crippen LogP contribution is -2.48. The number of aliphatic imine (C=N–C) groups is 1. The van der Waals surface area contributed by atoms with Crippen molar-refractivity contribution in [3.05, 3.63) is 72.7 Å². The van der Waals surface area contributed by atoms with E-state index in [1.54, 1.807) is 6.92 Å². The van der Waals surface area contributed by atoms with E-state index >= 15 is 0 Å². The summed E-state index contributed by atoms with van der Waals surface area (Å²) in [6, 6.07) is 8.14. The average molecular weight is 507 g/mol. The van der Waals surface area contributed by atoms with Crippen LogP contribution >= 0.6 is 0 Å². The van der Waals surface area contributed by atoms with Gasteiger partial charge >= 0.3 is 0 Å². The Kier molecular flexibility index (Phi) is 13.5. The molecule has 7 N–H and O–H groups in total. The Labute approximate surface area is 225 Å². The quantitative estimate of drug-likeness (QED) is 0.168. The number of hydrogen-bond acceptors (Lipinski definition) is 6. The van der Waals surface area contributed by atoms with Crippen LogP contribution in [0.2, 0.25) is 0 Å². The van der Waals surface area contributed by atoms with Gasteiger partial charge in [0.1, 0.15) is 0 Å². The molecule has 1 fully saturated rings. The van der Waals surface area contributed by atoms with Gasteiger partial charge in [-0.3, -0.25) is 4.99 Å². The number of hydrogen-bond donors (Lipinski definition) is 5. The van der Waals surface area contributed by atoms with Crippen molar-refractivity contribution < 1.29 is 0 Å². The van der Waals surface area contributed by atoms with Gasteiger partial charge in [0.05, 0.1) is 16.9 Å². The number of benzene rings is 1. The second-order valence-electron chi connectivity index (χ2n) is 10.1. The van der Waals surface area contributed by atoms with E-state index in [2.05, 4.69) is 44.6 Å². The van der Waals surface area contributed by atoms with Crippen molar-refractivity contribution in [2.45, 2.75) is 84.7 Å². The van der Waals surface area contributed by atoms with Crippen LogP contribution in [0.4, 0.5) is 5.69 Å². The largest absolute Gasteiger partial charge is 0.405 e. The van der Waals surface area contributed by atoms with Crippen molar-refractivity contribution >= 4 is 22.7 Å². The third-order valence-electron chi connectivity index (χ3n) is 7.04. The summed E-state index contributed by atoms with van der Waals surface area (Å²) >= 11 is 0. The third kappa shape index (κ3) is 9.95. The fourth-order valence-corrected chi connectivity index (χ4v) is 4.60. The average Bonchev–Trinajstić information content (AvgIpc) is 2.89. The van der Waals surface area contributed by atoms with Gasteiger partial charge in [0.2, 0.25) is 0 Å². The van der Waals surface area contributed by atoms with Gasteiger partial charge in [0.15, 0.2) is 0 Å². The van der Waals surface area contributed by atoms with Gasteiger partial charge in [0.25, 0.3) is 0 Å². The molecule has 1 aromatic rings. The second kappa shape index (κ2) is 15.7. The van der Waals surface area contributed by atoms with Gasteiger partial charge in [-0.15, -0.1) is 6.58 Å². The van der Waals surface area contributed by atoms with Crippen molar-refractivity contribution in [1.82, 2.24) is 5.32 Å². The molecule has 0 heterocycles. The van der Waals surface area contributed by atoms with Crippen LogP contribution in [-0.2, 0) is 0 Å². The lowest BCUT2D eigenvalue weighted by atomic mass is 9.75. The van der Waals surface area contributed by atoms with Gasteiger partial charge in [-0.05, 0) is 82.8 Å². The second-order valence-corrected chi connectivity index (χ2v) is 10.1. The molecule has 0 spiro atoms. The maximum absolute atomic E-state index is 7.66. The number of anilines is 1. The predicted molar refractivity (Wildman–Crippen MR) is 164 cm³/mol. The van der Waals surface area contributed by atoms with Crippen LogP contribution in [0.5, 0.6) is 0 Å². The topological polar surface area (TPSA) is 112 Å². The van der Waals surface area contributed by atoms with Crippen LogP contribution in [0.1, 0.15) is 78.7 Å². The molecular formula is C31H50N6. The molecular weight excluding hydrogens is 456 g/mol. The molecule has 0 amide bonds. The molecule has 0 bridgehead atoms. The van der Waals surface area contributed by atoms with Gasteiger partial charge in [-0.2, -0.15) is 0 Å². The standard InChI is InChI=1S/C19H33N3.C12H17N3/c1-6-15(3)21-18(13-14-20)16(4)22-19(5,7-2)17-11-9-8-10-12-17;1-8(13)12(9(2)14)10-4-6-11(15-3)7-5-10/h7,13-15,17,22H,2,4,6,8-12,20H2,1,3,5H3;4-7,13,15H,14H2,1-3H3/b14-13-,21-18?;12-9+,13-8?. The monoisotopic (exact) mass is 506 g/mol. The third-order valence-corrected chi connectivity index (χ3v) is 7.04. The summed E-state index contributed by atoms with van der Waals surface area (Å²) in [6.07, 6.45) is 12.8. The van der Waals surface area contributed by atoms with Crippen molar-refractivity contribution in [3.8, 4) is 0 Å². The maximum Gasteiger partial charge on any atom is 0.0817 e. The van der Waals surface area contributed by atoms with Crippen LogP contribution in [0, 0.1) is 11.3 Å². The highest BCUT2D eigenvalue weighted by Crippen LogP contribution is 2.34. The first kappa shape index (κ1) is 31.7. The minimum absolute atomic E-state index is 0.143. The van der Waals surface area contributed by atoms with Gasteiger partial charge in [-0.1, -0.05) is 51.0 Å². The molecule has 1 aliphatic carbocycles. The molecule has 6 heteroatoms. The van der Waals surface area contributed by atoms with E-state index in [0.717, 1.165) is 34.7 Å². The Morgan fingerprint density at radius 2 is 1.81 bits per heavy atom. The summed E-state index contributed by atoms with van der Waals surface area (Å²) in [7, 11) is 1.88. The molecule has 37 heavy (non-hydrogen) atoms. The van der Waals surface area contributed by atoms with Crippen molar-refractivity contribution in [2.75, 3.05) is 12.4 Å². The molecule has 1 aliphatic rings. The Hall–Kier alpha value is -3.28. The molecule has 1 aromatic carbocycles. The Morgan fingerprint density at radius 1 is 1.22 bits per heavy atom. The summed E-state index contributed by atoms with van der Waals surface area (Å²) in [5.74, 6) is 0.599. The van der Waals surface area contributed by atoms with Crippen LogP contribution in [0.15, 0.2) is 72.2 Å². The van der Waals surface area contributed by atoms with Crippen LogP contribution in [0.3, 0.4) is 0 Å². The van der Waals surface area contributed by atoms with Crippen LogP contribution < -0.4 is 22.1 Å². The lowest BCUT2D eigenvalue weighted by Gasteiger charge is -2.39. The highest BCUT2D eigenvalue weighted by atomic mass is 15.0. The van der Waals surface area contributed by atoms with E-state index in [-0.39, 0.29) is 11.6 Å². The Balaban J connectivity index is 0.000000397. The fraction of sp³-hybridized carbons (Fsp3) is 0.484. The van der Waals surface area contributed by atoms with Crippen LogP contribution in [-0.4, -0.2) is 30.1 Å². The first-order chi connectivity index (χ1) is 17.5. The molecule has 0 aliphatic heterocycles. The van der Waals surface area contributed by atoms with E-state index in [0.29, 0.717) is 17.3 Å². The van der Waals surface area contributed by atoms with E-state index in [9.17, 15) is 0 Å². The van der Waals surface area contributed by atoms with E-state index in [4.69, 9.17) is 21.9 Å². The molecule has 0 radical (unpaired) electrons. The summed E-state index contributed by atoms with van der Waals surface area (Å²) in [4.78, 5) is 4.70. The highest BCUT2D eigenvalue weighted by Gasteiger charge is 2.32. The molecule has 2 atom stereocenters. The van der Waals surface area contributed by atoms with Crippen molar-refractivity contribution in [3.63, 3.8) is 0 Å². The predicted octanol–water partition coefficient (Wildman–Crippen LogP) is 6.78. The summed E-state index contributed by atoms with van der Waals surface area (Å²) < 4.78 is 0. The lowest BCUT2D eigenvalue weighted by molar-refractivity contribution is 0.237. The fourth-order valence-electron chi connectivity index (χ4n) is 4.60. The smallest absolute Gasteiger partial charge is 0.0817 e. The Morgan fingerprint density at radius 3 is 2.24 bits per heavy atom. The molecule has 2 unspecified atom stereocenters. The normalized spacial score (nSPS) is 17.5. The molecule has 204 valence electrons. The van der Waals surface area contributed by atoms with Gasteiger partial charge < -0.3 is 27.5 Å². The number of allylic oxidation sites excluding steroid dienone is 3.